The Morgan fingerprint density at radius 3 is 2.78 bits per heavy atom. The number of anilines is 2. The number of benzene rings is 2. The van der Waals surface area contributed by atoms with Gasteiger partial charge in [-0.25, -0.2) is 27.7 Å². The normalized spacial score (nSPS) is 22.9. The van der Waals surface area contributed by atoms with Gasteiger partial charge in [0.05, 0.1) is 16.8 Å². The number of ether oxygens (including phenoxy) is 2. The number of carbonyl (C=O) groups is 2. The maximum Gasteiger partial charge on any atom is 0.413 e. The van der Waals surface area contributed by atoms with Gasteiger partial charge in [0, 0.05) is 29.8 Å². The number of nitrogens with one attached hydrogen (secondary N) is 3. The van der Waals surface area contributed by atoms with Crippen LogP contribution in [0.3, 0.4) is 0 Å². The highest BCUT2D eigenvalue weighted by Gasteiger charge is 2.80. The van der Waals surface area contributed by atoms with E-state index in [4.69, 9.17) is 9.47 Å². The van der Waals surface area contributed by atoms with Gasteiger partial charge in [0.1, 0.15) is 35.5 Å². The van der Waals surface area contributed by atoms with Gasteiger partial charge in [0.25, 0.3) is 0 Å². The zero-order valence-corrected chi connectivity index (χ0v) is 18.3. The molecule has 0 bridgehead atoms. The molecule has 3 amide bonds. The van der Waals surface area contributed by atoms with Crippen molar-refractivity contribution < 1.29 is 37.3 Å². The standard InChI is InChI=1S/C24H17F3N4O5/c25-14-6-16(27)17(7-15(14)26)29-22(33)31-24-8-13(24)20(24)11-5-10(1-2-18(11)32)36-19-3-4-28-21-12(19)9-35-23(34)30-21/h1-7,13,20,32H,8-9H2,(H,28,30,34)(H2,29,31,33)/t13-,20+,24-/m0/s1. The average Bonchev–Trinajstić information content (AvgIpc) is 3.69. The first-order chi connectivity index (χ1) is 17.2. The molecule has 0 unspecified atom stereocenters. The van der Waals surface area contributed by atoms with Gasteiger partial charge in [0.2, 0.25) is 0 Å². The van der Waals surface area contributed by atoms with E-state index in [-0.39, 0.29) is 24.2 Å². The number of rotatable bonds is 5. The average molecular weight is 498 g/mol. The van der Waals surface area contributed by atoms with E-state index in [0.29, 0.717) is 47.0 Å². The predicted molar refractivity (Wildman–Crippen MR) is 118 cm³/mol. The summed E-state index contributed by atoms with van der Waals surface area (Å²) >= 11 is 0. The van der Waals surface area contributed by atoms with Gasteiger partial charge in [-0.3, -0.25) is 5.32 Å². The predicted octanol–water partition coefficient (Wildman–Crippen LogP) is 4.74. The maximum absolute atomic E-state index is 13.9. The molecular weight excluding hydrogens is 481 g/mol. The minimum Gasteiger partial charge on any atom is -0.508 e. The highest BCUT2D eigenvalue weighted by molar-refractivity contribution is 5.91. The summed E-state index contributed by atoms with van der Waals surface area (Å²) < 4.78 is 51.4. The molecule has 12 heteroatoms. The number of hydrogen-bond donors (Lipinski definition) is 4. The number of amides is 3. The summed E-state index contributed by atoms with van der Waals surface area (Å²) in [7, 11) is 0. The highest BCUT2D eigenvalue weighted by Crippen LogP contribution is 2.77. The second-order valence-corrected chi connectivity index (χ2v) is 8.81. The number of fused-ring (bicyclic) bond motifs is 2. The van der Waals surface area contributed by atoms with E-state index in [9.17, 15) is 27.9 Å². The van der Waals surface area contributed by atoms with E-state index < -0.39 is 40.8 Å². The topological polar surface area (TPSA) is 122 Å². The highest BCUT2D eigenvalue weighted by atomic mass is 19.2. The van der Waals surface area contributed by atoms with Crippen molar-refractivity contribution in [2.45, 2.75) is 24.5 Å². The van der Waals surface area contributed by atoms with Gasteiger partial charge in [-0.15, -0.1) is 0 Å². The van der Waals surface area contributed by atoms with Crippen molar-refractivity contribution in [3.8, 4) is 17.2 Å². The molecule has 6 rings (SSSR count). The SMILES string of the molecule is O=C(Nc1cc(F)c(F)cc1F)N[C@@]12C[C@H]1[C@H]2c1cc(Oc2ccnc3c2COC(=O)N3)ccc1O. The van der Waals surface area contributed by atoms with Crippen LogP contribution in [0.15, 0.2) is 42.6 Å². The first-order valence-corrected chi connectivity index (χ1v) is 10.9. The van der Waals surface area contributed by atoms with Crippen molar-refractivity contribution in [3.63, 3.8) is 0 Å². The van der Waals surface area contributed by atoms with Crippen LogP contribution in [0.1, 0.15) is 23.5 Å². The Morgan fingerprint density at radius 2 is 1.97 bits per heavy atom. The quantitative estimate of drug-likeness (QED) is 0.377. The number of pyridine rings is 1. The lowest BCUT2D eigenvalue weighted by atomic mass is 9.99. The third-order valence-corrected chi connectivity index (χ3v) is 6.65. The molecule has 2 heterocycles. The number of cyclic esters (lactones) is 1. The Labute approximate surface area is 201 Å². The van der Waals surface area contributed by atoms with E-state index >= 15 is 0 Å². The first-order valence-electron chi connectivity index (χ1n) is 10.9. The molecule has 36 heavy (non-hydrogen) atoms. The van der Waals surface area contributed by atoms with Crippen molar-refractivity contribution in [2.24, 2.45) is 5.92 Å². The molecule has 3 aliphatic rings. The molecule has 0 saturated heterocycles. The Kier molecular flexibility index (Phi) is 4.75. The number of carbonyl (C=O) groups excluding carboxylic acids is 2. The van der Waals surface area contributed by atoms with E-state index in [1.165, 1.54) is 12.3 Å². The molecule has 184 valence electrons. The minimum atomic E-state index is -1.36. The summed E-state index contributed by atoms with van der Waals surface area (Å²) in [6.45, 7) is -0.0132. The van der Waals surface area contributed by atoms with Crippen LogP contribution in [0.25, 0.3) is 0 Å². The third-order valence-electron chi connectivity index (χ3n) is 6.65. The number of hydrogen-bond acceptors (Lipinski definition) is 6. The van der Waals surface area contributed by atoms with Crippen molar-refractivity contribution in [2.75, 3.05) is 10.6 Å². The molecule has 1 aliphatic heterocycles. The largest absolute Gasteiger partial charge is 0.508 e. The molecule has 2 aromatic carbocycles. The Morgan fingerprint density at radius 1 is 1.17 bits per heavy atom. The smallest absolute Gasteiger partial charge is 0.413 e. The number of aromatic nitrogens is 1. The minimum absolute atomic E-state index is 0.0132. The molecule has 2 saturated carbocycles. The lowest BCUT2D eigenvalue weighted by Crippen LogP contribution is -2.36. The Balaban J connectivity index is 1.17. The van der Waals surface area contributed by atoms with Crippen LogP contribution in [-0.4, -0.2) is 27.8 Å². The van der Waals surface area contributed by atoms with E-state index in [0.717, 1.165) is 0 Å². The molecular formula is C24H17F3N4O5. The number of urea groups is 1. The second-order valence-electron chi connectivity index (χ2n) is 8.81. The fraction of sp³-hybridized carbons (Fsp3) is 0.208. The Hall–Kier alpha value is -4.48. The number of phenols is 1. The van der Waals surface area contributed by atoms with Gasteiger partial charge >= 0.3 is 12.1 Å². The Bertz CT molecular complexity index is 1450. The van der Waals surface area contributed by atoms with Gasteiger partial charge in [-0.05, 0) is 36.6 Å². The van der Waals surface area contributed by atoms with Crippen molar-refractivity contribution >= 4 is 23.6 Å². The molecule has 3 aromatic rings. The molecule has 0 spiro atoms. The second kappa shape index (κ2) is 7.77. The molecule has 4 N–H and O–H groups in total. The van der Waals surface area contributed by atoms with Crippen molar-refractivity contribution in [1.29, 1.82) is 0 Å². The van der Waals surface area contributed by atoms with E-state index in [1.807, 2.05) is 0 Å². The van der Waals surface area contributed by atoms with Crippen LogP contribution < -0.4 is 20.7 Å². The number of phenolic OH excluding ortho intramolecular Hbond substituents is 1. The van der Waals surface area contributed by atoms with Crippen molar-refractivity contribution in [3.05, 3.63) is 71.2 Å². The summed E-state index contributed by atoms with van der Waals surface area (Å²) in [6.07, 6.45) is 1.51. The maximum atomic E-state index is 13.9. The summed E-state index contributed by atoms with van der Waals surface area (Å²) in [5.74, 6) is -2.74. The van der Waals surface area contributed by atoms with Crippen LogP contribution in [0.5, 0.6) is 17.2 Å². The molecule has 3 atom stereocenters. The summed E-state index contributed by atoms with van der Waals surface area (Å²) in [5, 5.41) is 17.9. The first kappa shape index (κ1) is 22.0. The van der Waals surface area contributed by atoms with Crippen LogP contribution in [-0.2, 0) is 11.3 Å². The summed E-state index contributed by atoms with van der Waals surface area (Å²) in [5.41, 5.74) is -0.0180. The molecule has 0 radical (unpaired) electrons. The van der Waals surface area contributed by atoms with Crippen molar-refractivity contribution in [1.82, 2.24) is 10.3 Å². The molecule has 9 nitrogen and oxygen atoms in total. The molecule has 2 aliphatic carbocycles. The van der Waals surface area contributed by atoms with Crippen LogP contribution in [0, 0.1) is 23.4 Å². The van der Waals surface area contributed by atoms with Crippen LogP contribution in [0.2, 0.25) is 0 Å². The van der Waals surface area contributed by atoms with Gasteiger partial charge in [0.15, 0.2) is 11.6 Å². The van der Waals surface area contributed by atoms with Crippen LogP contribution in [0.4, 0.5) is 34.3 Å². The number of nitrogens with zero attached hydrogens (tertiary/aromatic N) is 1. The van der Waals surface area contributed by atoms with Crippen LogP contribution >= 0.6 is 0 Å². The zero-order valence-electron chi connectivity index (χ0n) is 18.3. The van der Waals surface area contributed by atoms with E-state index in [1.54, 1.807) is 18.2 Å². The lowest BCUT2D eigenvalue weighted by molar-refractivity contribution is 0.150. The fourth-order valence-electron chi connectivity index (χ4n) is 4.67. The molecule has 1 aromatic heterocycles. The summed E-state index contributed by atoms with van der Waals surface area (Å²) in [4.78, 5) is 28.0. The van der Waals surface area contributed by atoms with Gasteiger partial charge in [-0.1, -0.05) is 0 Å². The van der Waals surface area contributed by atoms with Gasteiger partial charge in [-0.2, -0.15) is 0 Å². The number of halogens is 3. The summed E-state index contributed by atoms with van der Waals surface area (Å²) in [6, 6.07) is 6.45. The fourth-order valence-corrected chi connectivity index (χ4v) is 4.67. The van der Waals surface area contributed by atoms with Gasteiger partial charge < -0.3 is 25.2 Å². The monoisotopic (exact) mass is 498 g/mol. The lowest BCUT2D eigenvalue weighted by Gasteiger charge is -2.20. The zero-order chi connectivity index (χ0) is 25.2. The molecule has 2 fully saturated rings. The van der Waals surface area contributed by atoms with E-state index in [2.05, 4.69) is 20.9 Å². The third kappa shape index (κ3) is 3.61. The number of aromatic hydroxyl groups is 1.